The van der Waals surface area contributed by atoms with E-state index in [-0.39, 0.29) is 11.6 Å². The van der Waals surface area contributed by atoms with Crippen molar-refractivity contribution in [3.8, 4) is 28.5 Å². The van der Waals surface area contributed by atoms with Crippen LogP contribution in [0.1, 0.15) is 18.7 Å². The summed E-state index contributed by atoms with van der Waals surface area (Å²) in [5.74, 6) is 0.268. The second-order valence-corrected chi connectivity index (χ2v) is 10.7. The Labute approximate surface area is 214 Å². The van der Waals surface area contributed by atoms with E-state index < -0.39 is 27.4 Å². The zero-order valence-corrected chi connectivity index (χ0v) is 22.0. The number of hydrogen-bond donors (Lipinski definition) is 0. The van der Waals surface area contributed by atoms with Gasteiger partial charge < -0.3 is 14.2 Å². The lowest BCUT2D eigenvalue weighted by molar-refractivity contribution is 0.296. The molecule has 0 saturated carbocycles. The van der Waals surface area contributed by atoms with Gasteiger partial charge in [-0.1, -0.05) is 6.07 Å². The number of halogens is 1. The second kappa shape index (κ2) is 10.3. The Hall–Kier alpha value is -3.86. The number of ether oxygens (including phenoxy) is 3. The summed E-state index contributed by atoms with van der Waals surface area (Å²) in [4.78, 5) is 18.0. The van der Waals surface area contributed by atoms with E-state index in [9.17, 15) is 17.6 Å². The van der Waals surface area contributed by atoms with Crippen LogP contribution in [0.4, 0.5) is 4.39 Å². The van der Waals surface area contributed by atoms with Gasteiger partial charge in [0.2, 0.25) is 0 Å². The zero-order chi connectivity index (χ0) is 26.9. The first-order valence-corrected chi connectivity index (χ1v) is 13.5. The molecule has 4 aromatic rings. The Morgan fingerprint density at radius 3 is 2.43 bits per heavy atom. The third kappa shape index (κ3) is 5.17. The van der Waals surface area contributed by atoms with Gasteiger partial charge in [-0.3, -0.25) is 9.13 Å². The van der Waals surface area contributed by atoms with Gasteiger partial charge in [0.25, 0.3) is 5.88 Å². The highest BCUT2D eigenvalue weighted by Crippen LogP contribution is 2.32. The first-order chi connectivity index (χ1) is 17.6. The second-order valence-electron chi connectivity index (χ2n) is 8.55. The topological polar surface area (TPSA) is 102 Å². The normalized spacial score (nSPS) is 12.5. The number of sulfone groups is 1. The minimum Gasteiger partial charge on any atom is -0.497 e. The van der Waals surface area contributed by atoms with Gasteiger partial charge in [0, 0.05) is 18.9 Å². The van der Waals surface area contributed by atoms with Crippen molar-refractivity contribution in [2.45, 2.75) is 13.0 Å². The van der Waals surface area contributed by atoms with Crippen LogP contribution in [-0.2, 0) is 16.9 Å². The minimum absolute atomic E-state index is 0.199. The van der Waals surface area contributed by atoms with Crippen LogP contribution in [0.25, 0.3) is 22.2 Å². The minimum atomic E-state index is -3.55. The van der Waals surface area contributed by atoms with Gasteiger partial charge in [0.15, 0.2) is 5.75 Å². The number of imidazole rings is 1. The number of rotatable bonds is 9. The number of hydrogen-bond acceptors (Lipinski definition) is 7. The van der Waals surface area contributed by atoms with Crippen LogP contribution in [0.15, 0.2) is 53.3 Å². The van der Waals surface area contributed by atoms with E-state index in [0.717, 1.165) is 6.26 Å². The summed E-state index contributed by atoms with van der Waals surface area (Å²) in [6.07, 6.45) is 1.10. The molecule has 0 bridgehead atoms. The van der Waals surface area contributed by atoms with E-state index in [1.54, 1.807) is 50.4 Å². The maximum atomic E-state index is 14.6. The van der Waals surface area contributed by atoms with Crippen molar-refractivity contribution < 1.29 is 27.0 Å². The summed E-state index contributed by atoms with van der Waals surface area (Å²) < 4.78 is 58.5. The molecule has 0 N–H and O–H groups in total. The summed E-state index contributed by atoms with van der Waals surface area (Å²) in [5, 5.41) is 0. The van der Waals surface area contributed by atoms with Crippen molar-refractivity contribution in [1.29, 1.82) is 0 Å². The van der Waals surface area contributed by atoms with E-state index in [1.165, 1.54) is 35.5 Å². The van der Waals surface area contributed by atoms with Gasteiger partial charge in [-0.25, -0.2) is 22.6 Å². The number of benzene rings is 2. The first kappa shape index (κ1) is 26.2. The number of aromatic nitrogens is 3. The van der Waals surface area contributed by atoms with Gasteiger partial charge in [0.1, 0.15) is 21.4 Å². The molecule has 1 atom stereocenters. The van der Waals surface area contributed by atoms with Crippen LogP contribution in [0.3, 0.4) is 0 Å². The van der Waals surface area contributed by atoms with Gasteiger partial charge in [-0.05, 0) is 55.0 Å². The predicted molar refractivity (Wildman–Crippen MR) is 139 cm³/mol. The summed E-state index contributed by atoms with van der Waals surface area (Å²) in [5.41, 5.74) is 1.71. The molecule has 2 aromatic heterocycles. The molecule has 0 radical (unpaired) electrons. The molecule has 0 unspecified atom stereocenters. The standard InChI is InChI=1S/C26H28FN3O6S/c1-6-36-25-24(35-4)12-10-20(28-25)23(15-37(5,32)33)30-21-11-7-16(13-22(21)29(2)26(30)31)18-14-17(34-3)8-9-19(18)27/h7-14,23H,6,15H2,1-5H3/t23-/m1/s1. The van der Waals surface area contributed by atoms with Crippen LogP contribution in [-0.4, -0.2) is 55.4 Å². The average molecular weight is 530 g/mol. The molecule has 0 fully saturated rings. The molecule has 9 nitrogen and oxygen atoms in total. The largest absolute Gasteiger partial charge is 0.497 e. The fraction of sp³-hybridized carbons (Fsp3) is 0.308. The molecule has 11 heteroatoms. The molecule has 0 aliphatic rings. The Morgan fingerprint density at radius 2 is 1.78 bits per heavy atom. The Bertz CT molecular complexity index is 1630. The lowest BCUT2D eigenvalue weighted by Crippen LogP contribution is -2.31. The molecule has 0 aliphatic heterocycles. The van der Waals surface area contributed by atoms with Crippen molar-refractivity contribution in [3.05, 3.63) is 70.5 Å². The molecule has 0 amide bonds. The van der Waals surface area contributed by atoms with Gasteiger partial charge >= 0.3 is 5.69 Å². The number of pyridine rings is 1. The van der Waals surface area contributed by atoms with Crippen molar-refractivity contribution in [2.24, 2.45) is 7.05 Å². The van der Waals surface area contributed by atoms with Crippen LogP contribution in [0, 0.1) is 5.82 Å². The quantitative estimate of drug-likeness (QED) is 0.327. The third-order valence-corrected chi connectivity index (χ3v) is 6.96. The van der Waals surface area contributed by atoms with Crippen molar-refractivity contribution in [1.82, 2.24) is 14.1 Å². The number of methoxy groups -OCH3 is 2. The summed E-state index contributed by atoms with van der Waals surface area (Å²) in [7, 11) is 1.01. The SMILES string of the molecule is CCOc1nc([C@@H](CS(C)(=O)=O)n2c(=O)n(C)c3cc(-c4cc(OC)ccc4F)ccc32)ccc1OC. The molecule has 2 heterocycles. The smallest absolute Gasteiger partial charge is 0.329 e. The van der Waals surface area contributed by atoms with E-state index in [2.05, 4.69) is 4.98 Å². The molecule has 37 heavy (non-hydrogen) atoms. The Morgan fingerprint density at radius 1 is 1.03 bits per heavy atom. The van der Waals surface area contributed by atoms with Gasteiger partial charge in [0.05, 0.1) is 49.3 Å². The highest BCUT2D eigenvalue weighted by Gasteiger charge is 2.27. The van der Waals surface area contributed by atoms with E-state index >= 15 is 0 Å². The van der Waals surface area contributed by atoms with Crippen molar-refractivity contribution in [3.63, 3.8) is 0 Å². The Kier molecular flexibility index (Phi) is 7.26. The average Bonchev–Trinajstić information content (AvgIpc) is 3.11. The lowest BCUT2D eigenvalue weighted by Gasteiger charge is -2.19. The van der Waals surface area contributed by atoms with Crippen LogP contribution >= 0.6 is 0 Å². The molecule has 4 rings (SSSR count). The summed E-state index contributed by atoms with van der Waals surface area (Å²) in [6.45, 7) is 2.11. The van der Waals surface area contributed by atoms with Gasteiger partial charge in [-0.2, -0.15) is 0 Å². The fourth-order valence-corrected chi connectivity index (χ4v) is 5.18. The van der Waals surface area contributed by atoms with E-state index in [1.807, 2.05) is 0 Å². The monoisotopic (exact) mass is 529 g/mol. The fourth-order valence-electron chi connectivity index (χ4n) is 4.29. The maximum Gasteiger partial charge on any atom is 0.329 e. The molecular weight excluding hydrogens is 501 g/mol. The van der Waals surface area contributed by atoms with Crippen LogP contribution in [0.2, 0.25) is 0 Å². The summed E-state index contributed by atoms with van der Waals surface area (Å²) >= 11 is 0. The molecule has 0 saturated heterocycles. The van der Waals surface area contributed by atoms with Crippen molar-refractivity contribution in [2.75, 3.05) is 32.8 Å². The summed E-state index contributed by atoms with van der Waals surface area (Å²) in [6, 6.07) is 11.8. The highest BCUT2D eigenvalue weighted by atomic mass is 32.2. The zero-order valence-electron chi connectivity index (χ0n) is 21.2. The van der Waals surface area contributed by atoms with Gasteiger partial charge in [-0.15, -0.1) is 0 Å². The van der Waals surface area contributed by atoms with E-state index in [0.29, 0.717) is 46.0 Å². The van der Waals surface area contributed by atoms with Crippen LogP contribution in [0.5, 0.6) is 17.4 Å². The van der Waals surface area contributed by atoms with Crippen molar-refractivity contribution >= 4 is 20.9 Å². The third-order valence-electron chi connectivity index (χ3n) is 6.04. The molecule has 196 valence electrons. The number of nitrogens with zero attached hydrogens (tertiary/aromatic N) is 3. The number of fused-ring (bicyclic) bond motifs is 1. The molecule has 0 spiro atoms. The first-order valence-electron chi connectivity index (χ1n) is 11.5. The predicted octanol–water partition coefficient (Wildman–Crippen LogP) is 3.59. The van der Waals surface area contributed by atoms with Crippen LogP contribution < -0.4 is 19.9 Å². The molecular formula is C26H28FN3O6S. The lowest BCUT2D eigenvalue weighted by atomic mass is 10.0. The molecule has 2 aromatic carbocycles. The maximum absolute atomic E-state index is 14.6. The highest BCUT2D eigenvalue weighted by molar-refractivity contribution is 7.90. The molecule has 0 aliphatic carbocycles. The van der Waals surface area contributed by atoms with E-state index in [4.69, 9.17) is 14.2 Å². The Balaban J connectivity index is 1.93. The number of aryl methyl sites for hydroxylation is 1.